The average molecular weight is 307 g/mol. The molecule has 1 fully saturated rings. The van der Waals surface area contributed by atoms with Crippen molar-refractivity contribution in [2.75, 3.05) is 13.2 Å². The van der Waals surface area contributed by atoms with Gasteiger partial charge in [-0.25, -0.2) is 4.79 Å². The number of aliphatic hydroxyl groups is 5. The molecule has 1 heterocycles. The summed E-state index contributed by atoms with van der Waals surface area (Å²) in [5.41, 5.74) is 0. The van der Waals surface area contributed by atoms with Crippen LogP contribution in [0.25, 0.3) is 0 Å². The van der Waals surface area contributed by atoms with Crippen LogP contribution in [0, 0.1) is 0 Å². The second-order valence-electron chi connectivity index (χ2n) is 4.39. The Labute approximate surface area is 121 Å². The minimum absolute atomic E-state index is 0.208. The van der Waals surface area contributed by atoms with Crippen LogP contribution >= 0.6 is 0 Å². The quantitative estimate of drug-likeness (QED) is 0.308. The van der Waals surface area contributed by atoms with E-state index in [1.807, 2.05) is 0 Å². The summed E-state index contributed by atoms with van der Waals surface area (Å²) in [6.07, 6.45) is -4.55. The Bertz CT molecular complexity index is 361. The molecular formula is C12H21NO8. The maximum absolute atomic E-state index is 10.7. The minimum Gasteiger partial charge on any atom is -0.479 e. The fourth-order valence-corrected chi connectivity index (χ4v) is 1.53. The number of nitrogens with zero attached hydrogens (tertiary/aromatic N) is 1. The molecule has 1 amide bonds. The SMILES string of the molecule is C=CN1CCCC1=O.O=C(O)[C@H](O)[C@@H](O)[C@H](O)[C@H](O)CO. The molecule has 1 aliphatic heterocycles. The molecule has 0 spiro atoms. The van der Waals surface area contributed by atoms with E-state index < -0.39 is 37.0 Å². The van der Waals surface area contributed by atoms with Crippen LogP contribution in [0.15, 0.2) is 12.8 Å². The normalized spacial score (nSPS) is 20.0. The molecule has 0 saturated carbocycles. The summed E-state index contributed by atoms with van der Waals surface area (Å²) < 4.78 is 0. The van der Waals surface area contributed by atoms with Gasteiger partial charge in [-0.2, -0.15) is 0 Å². The molecule has 0 aromatic heterocycles. The van der Waals surface area contributed by atoms with Crippen LogP contribution in [-0.4, -0.2) is 85.0 Å². The predicted molar refractivity (Wildman–Crippen MR) is 69.9 cm³/mol. The van der Waals surface area contributed by atoms with E-state index in [1.54, 1.807) is 11.1 Å². The Hall–Kier alpha value is -1.52. The summed E-state index contributed by atoms with van der Waals surface area (Å²) in [6, 6.07) is 0. The van der Waals surface area contributed by atoms with Gasteiger partial charge in [-0.15, -0.1) is 0 Å². The van der Waals surface area contributed by atoms with E-state index in [0.29, 0.717) is 6.42 Å². The molecule has 0 radical (unpaired) electrons. The zero-order valence-corrected chi connectivity index (χ0v) is 11.4. The Kier molecular flexibility index (Phi) is 8.74. The zero-order chi connectivity index (χ0) is 16.6. The Morgan fingerprint density at radius 3 is 2.14 bits per heavy atom. The summed E-state index contributed by atoms with van der Waals surface area (Å²) in [6.45, 7) is 3.52. The standard InChI is InChI=1S/C6H9NO.C6H12O7/c1-2-7-5-3-4-6(7)8;7-1-2(8)3(9)4(10)5(11)6(12)13/h2H,1,3-5H2;2-5,7-11H,1H2,(H,12,13)/t;2-,3-,4+,5-/m.1/s1. The summed E-state index contributed by atoms with van der Waals surface area (Å²) in [5.74, 6) is -1.52. The lowest BCUT2D eigenvalue weighted by Gasteiger charge is -2.23. The largest absolute Gasteiger partial charge is 0.479 e. The number of rotatable bonds is 6. The molecule has 122 valence electrons. The fraction of sp³-hybridized carbons (Fsp3) is 0.667. The van der Waals surface area contributed by atoms with Gasteiger partial charge in [0.15, 0.2) is 6.10 Å². The van der Waals surface area contributed by atoms with Crippen LogP contribution < -0.4 is 0 Å². The lowest BCUT2D eigenvalue weighted by Crippen LogP contribution is -2.48. The van der Waals surface area contributed by atoms with Gasteiger partial charge in [-0.05, 0) is 12.6 Å². The van der Waals surface area contributed by atoms with Crippen molar-refractivity contribution in [2.24, 2.45) is 0 Å². The Balaban J connectivity index is 0.000000423. The van der Waals surface area contributed by atoms with Gasteiger partial charge in [0.2, 0.25) is 5.91 Å². The number of hydrogen-bond acceptors (Lipinski definition) is 7. The third kappa shape index (κ3) is 6.19. The third-order valence-electron chi connectivity index (χ3n) is 2.84. The number of carbonyl (C=O) groups excluding carboxylic acids is 1. The van der Waals surface area contributed by atoms with Crippen LogP contribution in [-0.2, 0) is 9.59 Å². The topological polar surface area (TPSA) is 159 Å². The fourth-order valence-electron chi connectivity index (χ4n) is 1.53. The molecule has 9 nitrogen and oxygen atoms in total. The third-order valence-corrected chi connectivity index (χ3v) is 2.84. The molecule has 1 aliphatic rings. The first-order chi connectivity index (χ1) is 9.76. The van der Waals surface area contributed by atoms with E-state index in [-0.39, 0.29) is 5.91 Å². The lowest BCUT2D eigenvalue weighted by molar-refractivity contribution is -0.164. The van der Waals surface area contributed by atoms with E-state index in [2.05, 4.69) is 6.58 Å². The number of hydrogen-bond donors (Lipinski definition) is 6. The van der Waals surface area contributed by atoms with Crippen molar-refractivity contribution in [3.63, 3.8) is 0 Å². The molecule has 4 atom stereocenters. The van der Waals surface area contributed by atoms with Crippen molar-refractivity contribution in [1.82, 2.24) is 4.90 Å². The Morgan fingerprint density at radius 2 is 1.86 bits per heavy atom. The molecule has 0 aromatic rings. The number of amides is 1. The van der Waals surface area contributed by atoms with Crippen molar-refractivity contribution in [2.45, 2.75) is 37.3 Å². The highest BCUT2D eigenvalue weighted by atomic mass is 16.4. The zero-order valence-electron chi connectivity index (χ0n) is 11.4. The van der Waals surface area contributed by atoms with Crippen molar-refractivity contribution < 1.29 is 40.2 Å². The minimum atomic E-state index is -2.20. The van der Waals surface area contributed by atoms with Gasteiger partial charge in [-0.3, -0.25) is 4.79 Å². The number of aliphatic hydroxyl groups excluding tert-OH is 5. The van der Waals surface area contributed by atoms with Gasteiger partial charge >= 0.3 is 5.97 Å². The van der Waals surface area contributed by atoms with Crippen LogP contribution in [0.4, 0.5) is 0 Å². The van der Waals surface area contributed by atoms with Gasteiger partial charge in [0.05, 0.1) is 6.61 Å². The van der Waals surface area contributed by atoms with Crippen molar-refractivity contribution in [1.29, 1.82) is 0 Å². The van der Waals surface area contributed by atoms with E-state index in [1.165, 1.54) is 0 Å². The molecule has 1 saturated heterocycles. The molecule has 21 heavy (non-hydrogen) atoms. The Morgan fingerprint density at radius 1 is 1.29 bits per heavy atom. The van der Waals surface area contributed by atoms with Crippen LogP contribution in [0.1, 0.15) is 12.8 Å². The van der Waals surface area contributed by atoms with Crippen LogP contribution in [0.5, 0.6) is 0 Å². The highest BCUT2D eigenvalue weighted by Crippen LogP contribution is 2.08. The highest BCUT2D eigenvalue weighted by Gasteiger charge is 2.33. The second-order valence-corrected chi connectivity index (χ2v) is 4.39. The van der Waals surface area contributed by atoms with Gasteiger partial charge < -0.3 is 35.5 Å². The smallest absolute Gasteiger partial charge is 0.335 e. The van der Waals surface area contributed by atoms with Crippen molar-refractivity contribution in [3.8, 4) is 0 Å². The number of aliphatic carboxylic acids is 1. The first-order valence-corrected chi connectivity index (χ1v) is 6.24. The van der Waals surface area contributed by atoms with Crippen molar-refractivity contribution >= 4 is 11.9 Å². The molecular weight excluding hydrogens is 286 g/mol. The van der Waals surface area contributed by atoms with Gasteiger partial charge in [0.1, 0.15) is 18.3 Å². The summed E-state index contributed by atoms with van der Waals surface area (Å²) in [5, 5.41) is 51.8. The summed E-state index contributed by atoms with van der Waals surface area (Å²) >= 11 is 0. The highest BCUT2D eigenvalue weighted by molar-refractivity contribution is 5.78. The molecule has 0 unspecified atom stereocenters. The molecule has 0 bridgehead atoms. The van der Waals surface area contributed by atoms with Crippen LogP contribution in [0.3, 0.4) is 0 Å². The van der Waals surface area contributed by atoms with Gasteiger partial charge in [0, 0.05) is 13.0 Å². The van der Waals surface area contributed by atoms with E-state index >= 15 is 0 Å². The maximum atomic E-state index is 10.7. The average Bonchev–Trinajstić information content (AvgIpc) is 2.89. The molecule has 1 rings (SSSR count). The maximum Gasteiger partial charge on any atom is 0.335 e. The predicted octanol–water partition coefficient (Wildman–Crippen LogP) is -2.74. The molecule has 0 aromatic carbocycles. The van der Waals surface area contributed by atoms with Gasteiger partial charge in [0.25, 0.3) is 0 Å². The number of likely N-dealkylation sites (tertiary alicyclic amines) is 1. The molecule has 6 N–H and O–H groups in total. The number of carboxylic acids is 1. The van der Waals surface area contributed by atoms with Crippen LogP contribution in [0.2, 0.25) is 0 Å². The first kappa shape index (κ1) is 19.5. The first-order valence-electron chi connectivity index (χ1n) is 6.24. The number of carbonyl (C=O) groups is 2. The number of carboxylic acid groups (broad SMARTS) is 1. The van der Waals surface area contributed by atoms with Gasteiger partial charge in [-0.1, -0.05) is 6.58 Å². The van der Waals surface area contributed by atoms with E-state index in [4.69, 9.17) is 30.6 Å². The molecule has 0 aliphatic carbocycles. The molecule has 9 heteroatoms. The van der Waals surface area contributed by atoms with E-state index in [0.717, 1.165) is 13.0 Å². The second kappa shape index (κ2) is 9.42. The summed E-state index contributed by atoms with van der Waals surface area (Å²) in [4.78, 5) is 22.4. The van der Waals surface area contributed by atoms with E-state index in [9.17, 15) is 9.59 Å². The van der Waals surface area contributed by atoms with Crippen molar-refractivity contribution in [3.05, 3.63) is 12.8 Å². The summed E-state index contributed by atoms with van der Waals surface area (Å²) in [7, 11) is 0. The lowest BCUT2D eigenvalue weighted by atomic mass is 10.0. The monoisotopic (exact) mass is 307 g/mol.